The second kappa shape index (κ2) is 6.44. The number of unbranched alkanes of at least 4 members (excludes halogenated alkanes) is 1. The minimum atomic E-state index is -4.79. The van der Waals surface area contributed by atoms with Gasteiger partial charge in [-0.1, -0.05) is 13.3 Å². The molecule has 0 saturated carbocycles. The molecule has 0 radical (unpaired) electrons. The number of carbonyl (C=O) groups is 2. The van der Waals surface area contributed by atoms with E-state index in [1.54, 1.807) is 0 Å². The average molecular weight is 254 g/mol. The minimum Gasteiger partial charge on any atom is -0.480 e. The number of aliphatic carboxylic acids is 1. The van der Waals surface area contributed by atoms with Gasteiger partial charge in [0.2, 0.25) is 0 Å². The lowest BCUT2D eigenvalue weighted by atomic mass is 10.3. The molecule has 0 aromatic rings. The van der Waals surface area contributed by atoms with Gasteiger partial charge in [0.1, 0.15) is 0 Å². The smallest absolute Gasteiger partial charge is 0.325 e. The molecule has 0 aromatic heterocycles. The highest BCUT2D eigenvalue weighted by Crippen LogP contribution is 2.06. The third kappa shape index (κ3) is 5.66. The van der Waals surface area contributed by atoms with Gasteiger partial charge >= 0.3 is 11.9 Å². The van der Waals surface area contributed by atoms with E-state index in [0.29, 0.717) is 6.42 Å². The molecule has 0 amide bonds. The summed E-state index contributed by atoms with van der Waals surface area (Å²) in [6.45, 7) is 1.97. The normalized spacial score (nSPS) is 13.1. The van der Waals surface area contributed by atoms with Crippen molar-refractivity contribution in [2.75, 3.05) is 6.61 Å². The van der Waals surface area contributed by atoms with Crippen LogP contribution in [0.5, 0.6) is 0 Å². The first-order valence-electron chi connectivity index (χ1n) is 4.63. The molecule has 16 heavy (non-hydrogen) atoms. The van der Waals surface area contributed by atoms with E-state index in [-0.39, 0.29) is 6.61 Å². The lowest BCUT2D eigenvalue weighted by Crippen LogP contribution is -2.32. The lowest BCUT2D eigenvalue weighted by Gasteiger charge is -2.08. The van der Waals surface area contributed by atoms with E-state index in [4.69, 9.17) is 9.66 Å². The fraction of sp³-hybridized carbons (Fsp3) is 0.750. The third-order valence-electron chi connectivity index (χ3n) is 1.75. The number of ether oxygens (including phenoxy) is 1. The summed E-state index contributed by atoms with van der Waals surface area (Å²) in [5.74, 6) is -2.74. The zero-order chi connectivity index (χ0) is 12.8. The number of hydrogen-bond acceptors (Lipinski definition) is 5. The number of hydrogen-bond donors (Lipinski definition) is 2. The monoisotopic (exact) mass is 254 g/mol. The largest absolute Gasteiger partial charge is 0.480 e. The lowest BCUT2D eigenvalue weighted by molar-refractivity contribution is -0.147. The van der Waals surface area contributed by atoms with Crippen LogP contribution in [0.2, 0.25) is 0 Å². The van der Waals surface area contributed by atoms with Gasteiger partial charge in [0.25, 0.3) is 10.1 Å². The van der Waals surface area contributed by atoms with E-state index in [0.717, 1.165) is 6.42 Å². The van der Waals surface area contributed by atoms with Gasteiger partial charge in [0.05, 0.1) is 13.0 Å². The van der Waals surface area contributed by atoms with Crippen LogP contribution in [0, 0.1) is 0 Å². The fourth-order valence-corrected chi connectivity index (χ4v) is 1.46. The summed E-state index contributed by atoms with van der Waals surface area (Å²) >= 11 is 0. The fourth-order valence-electron chi connectivity index (χ4n) is 0.861. The first-order valence-corrected chi connectivity index (χ1v) is 6.14. The van der Waals surface area contributed by atoms with Crippen molar-refractivity contribution in [2.45, 2.75) is 31.4 Å². The highest BCUT2D eigenvalue weighted by atomic mass is 32.2. The highest BCUT2D eigenvalue weighted by Gasteiger charge is 2.33. The number of carboxylic acid groups (broad SMARTS) is 1. The Morgan fingerprint density at radius 1 is 1.38 bits per heavy atom. The Morgan fingerprint density at radius 2 is 1.94 bits per heavy atom. The van der Waals surface area contributed by atoms with Gasteiger partial charge in [-0.3, -0.25) is 14.1 Å². The summed E-state index contributed by atoms with van der Waals surface area (Å²) in [7, 11) is -4.79. The molecule has 0 aliphatic heterocycles. The van der Waals surface area contributed by atoms with Gasteiger partial charge in [0.15, 0.2) is 5.25 Å². The molecule has 7 nitrogen and oxygen atoms in total. The van der Waals surface area contributed by atoms with Crippen molar-refractivity contribution in [3.05, 3.63) is 0 Å². The SMILES string of the molecule is CCCCOC(=O)CC(C(=O)O)S(=O)(=O)O. The number of esters is 1. The predicted octanol–water partition coefficient (Wildman–Crippen LogP) is 0.0608. The first-order chi connectivity index (χ1) is 7.29. The van der Waals surface area contributed by atoms with Crippen molar-refractivity contribution in [3.63, 3.8) is 0 Å². The Labute approximate surface area is 93.2 Å². The standard InChI is InChI=1S/C8H14O7S/c1-2-3-4-15-7(9)5-6(8(10)11)16(12,13)14/h6H,2-5H2,1H3,(H,10,11)(H,12,13,14). The van der Waals surface area contributed by atoms with Crippen molar-refractivity contribution in [3.8, 4) is 0 Å². The summed E-state index contributed by atoms with van der Waals surface area (Å²) < 4.78 is 34.3. The summed E-state index contributed by atoms with van der Waals surface area (Å²) in [4.78, 5) is 21.5. The molecule has 0 rings (SSSR count). The van der Waals surface area contributed by atoms with Crippen LogP contribution in [0.1, 0.15) is 26.2 Å². The van der Waals surface area contributed by atoms with Crippen molar-refractivity contribution in [1.29, 1.82) is 0 Å². The predicted molar refractivity (Wildman–Crippen MR) is 53.5 cm³/mol. The number of carbonyl (C=O) groups excluding carboxylic acids is 1. The number of rotatable bonds is 7. The molecule has 0 heterocycles. The second-order valence-corrected chi connectivity index (χ2v) is 4.72. The van der Waals surface area contributed by atoms with Crippen molar-refractivity contribution < 1.29 is 32.4 Å². The van der Waals surface area contributed by atoms with Gasteiger partial charge in [-0.05, 0) is 6.42 Å². The number of carboxylic acids is 1. The molecule has 1 atom stereocenters. The van der Waals surface area contributed by atoms with E-state index >= 15 is 0 Å². The van der Waals surface area contributed by atoms with Crippen LogP contribution in [-0.4, -0.2) is 41.9 Å². The van der Waals surface area contributed by atoms with Gasteiger partial charge < -0.3 is 9.84 Å². The van der Waals surface area contributed by atoms with E-state index < -0.39 is 33.7 Å². The van der Waals surface area contributed by atoms with Gasteiger partial charge in [-0.25, -0.2) is 0 Å². The Morgan fingerprint density at radius 3 is 2.31 bits per heavy atom. The molecule has 94 valence electrons. The van der Waals surface area contributed by atoms with E-state index in [1.807, 2.05) is 6.92 Å². The molecule has 0 fully saturated rings. The van der Waals surface area contributed by atoms with Crippen LogP contribution < -0.4 is 0 Å². The van der Waals surface area contributed by atoms with Gasteiger partial charge in [0, 0.05) is 0 Å². The minimum absolute atomic E-state index is 0.104. The molecular weight excluding hydrogens is 240 g/mol. The molecule has 2 N–H and O–H groups in total. The van der Waals surface area contributed by atoms with E-state index in [9.17, 15) is 18.0 Å². The highest BCUT2D eigenvalue weighted by molar-refractivity contribution is 7.87. The Balaban J connectivity index is 4.32. The van der Waals surface area contributed by atoms with Crippen molar-refractivity contribution >= 4 is 22.1 Å². The third-order valence-corrected chi connectivity index (χ3v) is 2.84. The maximum atomic E-state index is 11.0. The molecule has 0 aliphatic rings. The zero-order valence-corrected chi connectivity index (χ0v) is 9.57. The summed E-state index contributed by atoms with van der Waals surface area (Å²) in [6.07, 6.45) is 0.501. The maximum absolute atomic E-state index is 11.0. The molecule has 0 spiro atoms. The van der Waals surface area contributed by atoms with E-state index in [1.165, 1.54) is 0 Å². The van der Waals surface area contributed by atoms with Crippen LogP contribution in [0.15, 0.2) is 0 Å². The molecule has 0 bridgehead atoms. The van der Waals surface area contributed by atoms with Crippen LogP contribution in [0.4, 0.5) is 0 Å². The molecule has 0 aliphatic carbocycles. The molecule has 0 aromatic carbocycles. The Kier molecular flexibility index (Phi) is 5.97. The zero-order valence-electron chi connectivity index (χ0n) is 8.75. The van der Waals surface area contributed by atoms with E-state index in [2.05, 4.69) is 4.74 Å². The molecule has 0 saturated heterocycles. The van der Waals surface area contributed by atoms with Crippen LogP contribution in [-0.2, 0) is 24.4 Å². The summed E-state index contributed by atoms with van der Waals surface area (Å²) in [5, 5.41) is 6.32. The van der Waals surface area contributed by atoms with Gasteiger partial charge in [-0.2, -0.15) is 8.42 Å². The molecule has 8 heteroatoms. The first kappa shape index (κ1) is 14.8. The summed E-state index contributed by atoms with van der Waals surface area (Å²) in [6, 6.07) is 0. The Hall–Kier alpha value is -1.15. The van der Waals surface area contributed by atoms with Crippen molar-refractivity contribution in [1.82, 2.24) is 0 Å². The summed E-state index contributed by atoms with van der Waals surface area (Å²) in [5.41, 5.74) is 0. The maximum Gasteiger partial charge on any atom is 0.325 e. The van der Waals surface area contributed by atoms with Crippen molar-refractivity contribution in [2.24, 2.45) is 0 Å². The Bertz CT molecular complexity index is 345. The van der Waals surface area contributed by atoms with Crippen LogP contribution >= 0.6 is 0 Å². The average Bonchev–Trinajstić information content (AvgIpc) is 2.12. The van der Waals surface area contributed by atoms with Gasteiger partial charge in [-0.15, -0.1) is 0 Å². The van der Waals surface area contributed by atoms with Crippen LogP contribution in [0.25, 0.3) is 0 Å². The van der Waals surface area contributed by atoms with Crippen LogP contribution in [0.3, 0.4) is 0 Å². The topological polar surface area (TPSA) is 118 Å². The molecular formula is C8H14O7S. The quantitative estimate of drug-likeness (QED) is 0.374. The molecule has 1 unspecified atom stereocenters. The second-order valence-electron chi connectivity index (χ2n) is 3.12.